The maximum absolute atomic E-state index is 13.5. The molecule has 1 N–H and O–H groups in total. The van der Waals surface area contributed by atoms with E-state index in [1.165, 1.54) is 19.2 Å². The molecule has 0 fully saturated rings. The van der Waals surface area contributed by atoms with Crippen molar-refractivity contribution in [2.45, 2.75) is 20.3 Å². The minimum Gasteiger partial charge on any atom is -0.492 e. The molecule has 0 radical (unpaired) electrons. The van der Waals surface area contributed by atoms with Gasteiger partial charge in [-0.15, -0.1) is 0 Å². The van der Waals surface area contributed by atoms with E-state index >= 15 is 0 Å². The van der Waals surface area contributed by atoms with Gasteiger partial charge in [0.2, 0.25) is 0 Å². The number of halogens is 2. The Morgan fingerprint density at radius 3 is 2.53 bits per heavy atom. The molecule has 0 saturated heterocycles. The van der Waals surface area contributed by atoms with Crippen molar-refractivity contribution < 1.29 is 19.0 Å². The summed E-state index contributed by atoms with van der Waals surface area (Å²) in [6.07, 6.45) is 0.197. The maximum atomic E-state index is 13.5. The maximum Gasteiger partial charge on any atom is 0.309 e. The number of hydrogen-bond acceptors (Lipinski definition) is 2. The molecule has 5 heteroatoms. The quantitative estimate of drug-likeness (QED) is 0.905. The van der Waals surface area contributed by atoms with Gasteiger partial charge in [0.15, 0.2) is 11.6 Å². The molecule has 0 amide bonds. The summed E-state index contributed by atoms with van der Waals surface area (Å²) in [4.78, 5) is 11.0. The highest BCUT2D eigenvalue weighted by atomic mass is 35.5. The molecule has 0 aliphatic heterocycles. The van der Waals surface area contributed by atoms with Gasteiger partial charge in [-0.1, -0.05) is 11.6 Å². The molecule has 0 spiro atoms. The van der Waals surface area contributed by atoms with Gasteiger partial charge in [-0.25, -0.2) is 4.39 Å². The van der Waals surface area contributed by atoms with Crippen molar-refractivity contribution in [2.75, 3.05) is 7.11 Å². The molecule has 0 aliphatic carbocycles. The van der Waals surface area contributed by atoms with Crippen molar-refractivity contribution in [3.63, 3.8) is 0 Å². The van der Waals surface area contributed by atoms with E-state index in [9.17, 15) is 9.18 Å². The van der Waals surface area contributed by atoms with Crippen LogP contribution < -0.4 is 4.74 Å². The molecule has 3 nitrogen and oxygen atoms in total. The summed E-state index contributed by atoms with van der Waals surface area (Å²) in [6, 6.07) is 2.77. The first kappa shape index (κ1) is 13.8. The summed E-state index contributed by atoms with van der Waals surface area (Å²) in [6.45, 7) is 3.15. The van der Waals surface area contributed by atoms with E-state index in [-0.39, 0.29) is 17.2 Å². The fraction of sp³-hybridized carbons (Fsp3) is 0.417. The first-order valence-corrected chi connectivity index (χ1v) is 5.41. The van der Waals surface area contributed by atoms with Crippen LogP contribution in [0.1, 0.15) is 19.4 Å². The van der Waals surface area contributed by atoms with Gasteiger partial charge in [0.1, 0.15) is 0 Å². The topological polar surface area (TPSA) is 46.5 Å². The molecular weight excluding hydrogens is 247 g/mol. The van der Waals surface area contributed by atoms with Gasteiger partial charge in [0.25, 0.3) is 0 Å². The summed E-state index contributed by atoms with van der Waals surface area (Å²) in [5.41, 5.74) is -0.439. The highest BCUT2D eigenvalue weighted by molar-refractivity contribution is 6.32. The Morgan fingerprint density at radius 2 is 2.12 bits per heavy atom. The fourth-order valence-corrected chi connectivity index (χ4v) is 1.80. The second-order valence-electron chi connectivity index (χ2n) is 4.46. The number of rotatable bonds is 4. The summed E-state index contributed by atoms with van der Waals surface area (Å²) < 4.78 is 18.3. The predicted molar refractivity (Wildman–Crippen MR) is 63.1 cm³/mol. The van der Waals surface area contributed by atoms with Crippen molar-refractivity contribution in [1.82, 2.24) is 0 Å². The highest BCUT2D eigenvalue weighted by Crippen LogP contribution is 2.31. The van der Waals surface area contributed by atoms with Crippen molar-refractivity contribution in [3.8, 4) is 5.75 Å². The lowest BCUT2D eigenvalue weighted by Crippen LogP contribution is -2.26. The molecule has 1 aromatic carbocycles. The molecule has 0 saturated carbocycles. The van der Waals surface area contributed by atoms with Gasteiger partial charge in [-0.3, -0.25) is 4.79 Å². The van der Waals surface area contributed by atoms with Gasteiger partial charge in [0, 0.05) is 0 Å². The number of hydrogen-bond donors (Lipinski definition) is 1. The van der Waals surface area contributed by atoms with Crippen molar-refractivity contribution in [3.05, 3.63) is 28.5 Å². The molecule has 0 unspecified atom stereocenters. The Morgan fingerprint density at radius 1 is 1.53 bits per heavy atom. The van der Waals surface area contributed by atoms with Crippen LogP contribution in [-0.4, -0.2) is 18.2 Å². The number of aliphatic carboxylic acids is 1. The van der Waals surface area contributed by atoms with Gasteiger partial charge in [-0.2, -0.15) is 0 Å². The van der Waals surface area contributed by atoms with Crippen LogP contribution in [0.4, 0.5) is 4.39 Å². The van der Waals surface area contributed by atoms with Crippen LogP contribution in [0.3, 0.4) is 0 Å². The summed E-state index contributed by atoms with van der Waals surface area (Å²) in [7, 11) is 1.32. The van der Waals surface area contributed by atoms with Crippen molar-refractivity contribution in [1.29, 1.82) is 0 Å². The Labute approximate surface area is 104 Å². The number of methoxy groups -OCH3 is 1. The third-order valence-electron chi connectivity index (χ3n) is 2.49. The van der Waals surface area contributed by atoms with E-state index < -0.39 is 17.2 Å². The van der Waals surface area contributed by atoms with Gasteiger partial charge < -0.3 is 9.84 Å². The first-order valence-electron chi connectivity index (χ1n) is 5.03. The second kappa shape index (κ2) is 4.92. The number of carboxylic acid groups (broad SMARTS) is 1. The number of ether oxygens (including phenoxy) is 1. The molecule has 0 aliphatic rings. The Kier molecular flexibility index (Phi) is 3.98. The molecule has 0 bridgehead atoms. The fourth-order valence-electron chi connectivity index (χ4n) is 1.50. The van der Waals surface area contributed by atoms with Crippen molar-refractivity contribution >= 4 is 17.6 Å². The SMILES string of the molecule is COc1c(F)cc(CC(C)(C)C(=O)O)cc1Cl. The van der Waals surface area contributed by atoms with E-state index in [1.807, 2.05) is 0 Å². The van der Waals surface area contributed by atoms with E-state index in [4.69, 9.17) is 21.4 Å². The standard InChI is InChI=1S/C12H14ClFO3/c1-12(2,11(15)16)6-7-4-8(13)10(17-3)9(14)5-7/h4-5H,6H2,1-3H3,(H,15,16). The normalized spacial score (nSPS) is 11.4. The average Bonchev–Trinajstić information content (AvgIpc) is 2.15. The van der Waals surface area contributed by atoms with E-state index in [0.717, 1.165) is 0 Å². The van der Waals surface area contributed by atoms with Crippen LogP contribution in [0.5, 0.6) is 5.75 Å². The van der Waals surface area contributed by atoms with Crippen LogP contribution in [0.15, 0.2) is 12.1 Å². The summed E-state index contributed by atoms with van der Waals surface area (Å²) in [5.74, 6) is -1.55. The monoisotopic (exact) mass is 260 g/mol. The lowest BCUT2D eigenvalue weighted by molar-refractivity contribution is -0.146. The number of carbonyl (C=O) groups is 1. The molecular formula is C12H14ClFO3. The smallest absolute Gasteiger partial charge is 0.309 e. The molecule has 1 rings (SSSR count). The van der Waals surface area contributed by atoms with E-state index in [1.54, 1.807) is 13.8 Å². The molecule has 94 valence electrons. The van der Waals surface area contributed by atoms with Crippen LogP contribution in [0.25, 0.3) is 0 Å². The summed E-state index contributed by atoms with van der Waals surface area (Å²) >= 11 is 5.83. The Bertz CT molecular complexity index is 420. The summed E-state index contributed by atoms with van der Waals surface area (Å²) in [5, 5.41) is 9.13. The van der Waals surface area contributed by atoms with E-state index in [0.29, 0.717) is 5.56 Å². The van der Waals surface area contributed by atoms with Gasteiger partial charge in [0.05, 0.1) is 17.5 Å². The lowest BCUT2D eigenvalue weighted by atomic mass is 9.86. The zero-order valence-electron chi connectivity index (χ0n) is 9.88. The van der Waals surface area contributed by atoms with Gasteiger partial charge in [-0.05, 0) is 38.0 Å². The first-order chi connectivity index (χ1) is 7.77. The number of carboxylic acids is 1. The van der Waals surface area contributed by atoms with Crippen LogP contribution in [0.2, 0.25) is 5.02 Å². The van der Waals surface area contributed by atoms with Crippen LogP contribution in [-0.2, 0) is 11.2 Å². The van der Waals surface area contributed by atoms with Gasteiger partial charge >= 0.3 is 5.97 Å². The third kappa shape index (κ3) is 3.09. The molecule has 0 heterocycles. The lowest BCUT2D eigenvalue weighted by Gasteiger charge is -2.19. The minimum atomic E-state index is -0.968. The molecule has 17 heavy (non-hydrogen) atoms. The van der Waals surface area contributed by atoms with Crippen LogP contribution in [0, 0.1) is 11.2 Å². The molecule has 0 atom stereocenters. The Balaban J connectivity index is 3.06. The molecule has 1 aromatic rings. The molecule has 0 aromatic heterocycles. The largest absolute Gasteiger partial charge is 0.492 e. The predicted octanol–water partition coefficient (Wildman–Crippen LogP) is 3.14. The third-order valence-corrected chi connectivity index (χ3v) is 2.77. The average molecular weight is 261 g/mol. The highest BCUT2D eigenvalue weighted by Gasteiger charge is 2.28. The van der Waals surface area contributed by atoms with Crippen molar-refractivity contribution in [2.24, 2.45) is 5.41 Å². The Hall–Kier alpha value is -1.29. The zero-order chi connectivity index (χ0) is 13.2. The number of benzene rings is 1. The van der Waals surface area contributed by atoms with Crippen LogP contribution >= 0.6 is 11.6 Å². The van der Waals surface area contributed by atoms with E-state index in [2.05, 4.69) is 0 Å². The minimum absolute atomic E-state index is 0.0245. The second-order valence-corrected chi connectivity index (χ2v) is 4.87. The zero-order valence-corrected chi connectivity index (χ0v) is 10.6.